The van der Waals surface area contributed by atoms with Crippen molar-refractivity contribution in [3.8, 4) is 11.3 Å². The Bertz CT molecular complexity index is 587. The number of nitrogens with two attached hydrogens (primary N) is 1. The normalized spacial score (nSPS) is 10.5. The lowest BCUT2D eigenvalue weighted by Gasteiger charge is -2.03. The quantitative estimate of drug-likeness (QED) is 0.835. The van der Waals surface area contributed by atoms with Crippen LogP contribution in [-0.2, 0) is 6.54 Å². The highest BCUT2D eigenvalue weighted by Crippen LogP contribution is 2.18. The fourth-order valence-corrected chi connectivity index (χ4v) is 1.54. The molecule has 1 aromatic heterocycles. The van der Waals surface area contributed by atoms with Crippen molar-refractivity contribution in [2.45, 2.75) is 6.54 Å². The van der Waals surface area contributed by atoms with Gasteiger partial charge in [-0.1, -0.05) is 6.07 Å². The first-order valence-corrected chi connectivity index (χ1v) is 4.99. The van der Waals surface area contributed by atoms with Crippen LogP contribution in [-0.4, -0.2) is 4.98 Å². The van der Waals surface area contributed by atoms with Crippen molar-refractivity contribution in [3.05, 3.63) is 57.9 Å². The second kappa shape index (κ2) is 4.47. The van der Waals surface area contributed by atoms with Crippen LogP contribution in [0.1, 0.15) is 5.56 Å². The molecule has 1 heterocycles. The van der Waals surface area contributed by atoms with E-state index in [4.69, 9.17) is 5.73 Å². The highest BCUT2D eigenvalue weighted by molar-refractivity contribution is 5.59. The average molecular weight is 236 g/mol. The van der Waals surface area contributed by atoms with E-state index in [2.05, 4.69) is 4.98 Å². The summed E-state index contributed by atoms with van der Waals surface area (Å²) >= 11 is 0. The molecule has 1 aromatic carbocycles. The maximum Gasteiger partial charge on any atom is 0.252 e. The monoisotopic (exact) mass is 236 g/mol. The minimum absolute atomic E-state index is 0.118. The standard InChI is InChI=1S/C12H10F2N2O/c13-9-3-8(4-10(14)5-9)11-2-1-7(6-15)12(17)16-11/h1-5H,6,15H2,(H,16,17). The third kappa shape index (κ3) is 2.39. The molecule has 17 heavy (non-hydrogen) atoms. The molecule has 0 saturated carbocycles. The lowest BCUT2D eigenvalue weighted by Crippen LogP contribution is -2.15. The number of H-pyrrole nitrogens is 1. The van der Waals surface area contributed by atoms with E-state index in [0.717, 1.165) is 18.2 Å². The minimum atomic E-state index is -0.691. The zero-order valence-electron chi connectivity index (χ0n) is 8.84. The summed E-state index contributed by atoms with van der Waals surface area (Å²) in [5.74, 6) is -1.38. The van der Waals surface area contributed by atoms with Crippen molar-refractivity contribution in [2.24, 2.45) is 5.73 Å². The van der Waals surface area contributed by atoms with E-state index in [9.17, 15) is 13.6 Å². The van der Waals surface area contributed by atoms with Crippen LogP contribution in [0.5, 0.6) is 0 Å². The molecule has 0 aliphatic carbocycles. The summed E-state index contributed by atoms with van der Waals surface area (Å²) in [7, 11) is 0. The maximum absolute atomic E-state index is 13.0. The predicted octanol–water partition coefficient (Wildman–Crippen LogP) is 1.78. The topological polar surface area (TPSA) is 58.9 Å². The molecule has 3 nitrogen and oxygen atoms in total. The van der Waals surface area contributed by atoms with E-state index in [-0.39, 0.29) is 17.7 Å². The van der Waals surface area contributed by atoms with Gasteiger partial charge in [0.25, 0.3) is 5.56 Å². The third-order valence-electron chi connectivity index (χ3n) is 2.38. The molecule has 0 aliphatic rings. The molecular weight excluding hydrogens is 226 g/mol. The number of benzene rings is 1. The smallest absolute Gasteiger partial charge is 0.252 e. The van der Waals surface area contributed by atoms with Crippen LogP contribution < -0.4 is 11.3 Å². The number of rotatable bonds is 2. The van der Waals surface area contributed by atoms with Gasteiger partial charge in [0.2, 0.25) is 0 Å². The number of pyridine rings is 1. The Balaban J connectivity index is 2.53. The van der Waals surface area contributed by atoms with Gasteiger partial charge < -0.3 is 10.7 Å². The molecule has 2 rings (SSSR count). The van der Waals surface area contributed by atoms with Crippen molar-refractivity contribution in [2.75, 3.05) is 0 Å². The van der Waals surface area contributed by atoms with Gasteiger partial charge in [-0.3, -0.25) is 4.79 Å². The van der Waals surface area contributed by atoms with Crippen LogP contribution in [0.2, 0.25) is 0 Å². The third-order valence-corrected chi connectivity index (χ3v) is 2.38. The Hall–Kier alpha value is -2.01. The van der Waals surface area contributed by atoms with Gasteiger partial charge in [-0.2, -0.15) is 0 Å². The summed E-state index contributed by atoms with van der Waals surface area (Å²) in [6, 6.07) is 6.18. The summed E-state index contributed by atoms with van der Waals surface area (Å²) in [4.78, 5) is 14.0. The average Bonchev–Trinajstić information content (AvgIpc) is 2.27. The van der Waals surface area contributed by atoms with E-state index in [0.29, 0.717) is 11.3 Å². The van der Waals surface area contributed by atoms with E-state index >= 15 is 0 Å². The second-order valence-electron chi connectivity index (χ2n) is 3.59. The molecule has 0 aliphatic heterocycles. The number of hydrogen-bond donors (Lipinski definition) is 2. The molecule has 0 radical (unpaired) electrons. The molecule has 5 heteroatoms. The first kappa shape index (κ1) is 11.5. The Morgan fingerprint density at radius 2 is 1.76 bits per heavy atom. The van der Waals surface area contributed by atoms with Crippen LogP contribution in [0.3, 0.4) is 0 Å². The van der Waals surface area contributed by atoms with Gasteiger partial charge in [0.05, 0.1) is 0 Å². The number of hydrogen-bond acceptors (Lipinski definition) is 2. The number of halogens is 2. The molecule has 0 fully saturated rings. The molecule has 88 valence electrons. The minimum Gasteiger partial charge on any atom is -0.326 e. The summed E-state index contributed by atoms with van der Waals surface area (Å²) in [5, 5.41) is 0. The lowest BCUT2D eigenvalue weighted by atomic mass is 10.1. The second-order valence-corrected chi connectivity index (χ2v) is 3.59. The van der Waals surface area contributed by atoms with Crippen molar-refractivity contribution in [1.29, 1.82) is 0 Å². The van der Waals surface area contributed by atoms with Crippen LogP contribution >= 0.6 is 0 Å². The Morgan fingerprint density at radius 1 is 1.12 bits per heavy atom. The highest BCUT2D eigenvalue weighted by Gasteiger charge is 2.05. The largest absolute Gasteiger partial charge is 0.326 e. The molecule has 3 N–H and O–H groups in total. The van der Waals surface area contributed by atoms with Crippen LogP contribution in [0.4, 0.5) is 8.78 Å². The molecular formula is C12H10F2N2O. The fourth-order valence-electron chi connectivity index (χ4n) is 1.54. The predicted molar refractivity (Wildman–Crippen MR) is 60.3 cm³/mol. The molecule has 0 unspecified atom stereocenters. The first-order chi connectivity index (χ1) is 8.10. The molecule has 0 amide bonds. The van der Waals surface area contributed by atoms with Gasteiger partial charge in [-0.15, -0.1) is 0 Å². The summed E-state index contributed by atoms with van der Waals surface area (Å²) in [5.41, 5.74) is 6.05. The zero-order chi connectivity index (χ0) is 12.4. The Labute approximate surface area is 95.9 Å². The van der Waals surface area contributed by atoms with E-state index in [1.54, 1.807) is 6.07 Å². The van der Waals surface area contributed by atoms with Crippen LogP contribution in [0, 0.1) is 11.6 Å². The van der Waals surface area contributed by atoms with Gasteiger partial charge in [0.1, 0.15) is 11.6 Å². The molecule has 0 spiro atoms. The first-order valence-electron chi connectivity index (χ1n) is 4.99. The SMILES string of the molecule is NCc1ccc(-c2cc(F)cc(F)c2)[nH]c1=O. The molecule has 0 saturated heterocycles. The van der Waals surface area contributed by atoms with Gasteiger partial charge in [0.15, 0.2) is 0 Å². The van der Waals surface area contributed by atoms with E-state index in [1.807, 2.05) is 0 Å². The highest BCUT2D eigenvalue weighted by atomic mass is 19.1. The van der Waals surface area contributed by atoms with Crippen molar-refractivity contribution >= 4 is 0 Å². The summed E-state index contributed by atoms with van der Waals surface area (Å²) < 4.78 is 26.0. The van der Waals surface area contributed by atoms with Crippen molar-refractivity contribution in [3.63, 3.8) is 0 Å². The Morgan fingerprint density at radius 3 is 2.29 bits per heavy atom. The summed E-state index contributed by atoms with van der Waals surface area (Å²) in [6.07, 6.45) is 0. The number of aromatic amines is 1. The van der Waals surface area contributed by atoms with Gasteiger partial charge in [-0.25, -0.2) is 8.78 Å². The van der Waals surface area contributed by atoms with Gasteiger partial charge in [0, 0.05) is 29.4 Å². The van der Waals surface area contributed by atoms with Crippen molar-refractivity contribution in [1.82, 2.24) is 4.98 Å². The summed E-state index contributed by atoms with van der Waals surface area (Å²) in [6.45, 7) is 0.118. The molecule has 2 aromatic rings. The van der Waals surface area contributed by atoms with Crippen LogP contribution in [0.15, 0.2) is 35.1 Å². The van der Waals surface area contributed by atoms with Gasteiger partial charge >= 0.3 is 0 Å². The fraction of sp³-hybridized carbons (Fsp3) is 0.0833. The van der Waals surface area contributed by atoms with E-state index < -0.39 is 11.6 Å². The molecule has 0 bridgehead atoms. The lowest BCUT2D eigenvalue weighted by molar-refractivity contribution is 0.584. The molecule has 0 atom stereocenters. The van der Waals surface area contributed by atoms with E-state index in [1.165, 1.54) is 6.07 Å². The Kier molecular flexibility index (Phi) is 3.01. The van der Waals surface area contributed by atoms with Crippen LogP contribution in [0.25, 0.3) is 11.3 Å². The maximum atomic E-state index is 13.0. The van der Waals surface area contributed by atoms with Crippen molar-refractivity contribution < 1.29 is 8.78 Å². The number of aromatic nitrogens is 1. The number of nitrogens with one attached hydrogen (secondary N) is 1. The van der Waals surface area contributed by atoms with Gasteiger partial charge in [-0.05, 0) is 18.2 Å². The zero-order valence-corrected chi connectivity index (χ0v) is 8.84.